The van der Waals surface area contributed by atoms with Crippen LogP contribution in [0, 0.1) is 0 Å². The van der Waals surface area contributed by atoms with Crippen molar-refractivity contribution in [3.63, 3.8) is 0 Å². The number of carbonyl (C=O) groups excluding carboxylic acids is 1. The zero-order chi connectivity index (χ0) is 21.6. The fourth-order valence-corrected chi connectivity index (χ4v) is 5.15. The monoisotopic (exact) mass is 444 g/mol. The van der Waals surface area contributed by atoms with Gasteiger partial charge in [0.2, 0.25) is 15.9 Å². The fraction of sp³-hybridized carbons (Fsp3) is 0.286. The molecule has 1 N–H and O–H groups in total. The molecule has 0 fully saturated rings. The minimum Gasteiger partial charge on any atom is -0.302 e. The fourth-order valence-electron chi connectivity index (χ4n) is 2.96. The zero-order valence-electron chi connectivity index (χ0n) is 16.9. The van der Waals surface area contributed by atoms with Gasteiger partial charge in [-0.25, -0.2) is 13.4 Å². The van der Waals surface area contributed by atoms with Gasteiger partial charge in [0.05, 0.1) is 10.6 Å². The summed E-state index contributed by atoms with van der Waals surface area (Å²) in [6, 6.07) is 10.5. The van der Waals surface area contributed by atoms with Crippen LogP contribution >= 0.6 is 11.3 Å². The number of sulfonamides is 1. The smallest absolute Gasteiger partial charge is 0.243 e. The van der Waals surface area contributed by atoms with Gasteiger partial charge in [0.15, 0.2) is 5.13 Å². The highest BCUT2D eigenvalue weighted by Crippen LogP contribution is 2.24. The number of rotatable bonds is 9. The first-order valence-corrected chi connectivity index (χ1v) is 12.0. The van der Waals surface area contributed by atoms with Crippen molar-refractivity contribution in [2.75, 3.05) is 18.4 Å². The van der Waals surface area contributed by atoms with Gasteiger partial charge in [0, 0.05) is 42.8 Å². The normalized spacial score (nSPS) is 11.6. The Morgan fingerprint density at radius 2 is 1.87 bits per heavy atom. The molecule has 2 aromatic heterocycles. The lowest BCUT2D eigenvalue weighted by atomic mass is 10.1. The standard InChI is InChI=1S/C21H24N4O3S2/c1-3-25(4-2)30(27,28)18-10-7-16(8-11-18)9-12-20(26)24-21-23-19(15-29-21)17-6-5-13-22-14-17/h5-8,10-11,13-15H,3-4,9,12H2,1-2H3,(H,23,24,26). The molecule has 0 saturated heterocycles. The number of pyridine rings is 1. The minimum atomic E-state index is -3.47. The van der Waals surface area contributed by atoms with Crippen LogP contribution in [0.2, 0.25) is 0 Å². The molecule has 3 rings (SSSR count). The summed E-state index contributed by atoms with van der Waals surface area (Å²) in [5.41, 5.74) is 2.57. The van der Waals surface area contributed by atoms with Crippen LogP contribution in [-0.2, 0) is 21.2 Å². The van der Waals surface area contributed by atoms with Crippen LogP contribution in [0.15, 0.2) is 59.1 Å². The molecular weight excluding hydrogens is 420 g/mol. The number of aromatic nitrogens is 2. The molecule has 1 amide bonds. The summed E-state index contributed by atoms with van der Waals surface area (Å²) in [6.07, 6.45) is 4.22. The quantitative estimate of drug-likeness (QED) is 0.542. The summed E-state index contributed by atoms with van der Waals surface area (Å²) < 4.78 is 26.5. The Balaban J connectivity index is 1.56. The average Bonchev–Trinajstić information content (AvgIpc) is 3.22. The van der Waals surface area contributed by atoms with Crippen LogP contribution in [0.25, 0.3) is 11.3 Å². The van der Waals surface area contributed by atoms with Gasteiger partial charge in [-0.2, -0.15) is 4.31 Å². The topological polar surface area (TPSA) is 92.3 Å². The van der Waals surface area contributed by atoms with E-state index >= 15 is 0 Å². The van der Waals surface area contributed by atoms with E-state index in [4.69, 9.17) is 0 Å². The van der Waals surface area contributed by atoms with Crippen LogP contribution < -0.4 is 5.32 Å². The van der Waals surface area contributed by atoms with Crippen LogP contribution in [0.5, 0.6) is 0 Å². The molecular formula is C21H24N4O3S2. The van der Waals surface area contributed by atoms with Crippen LogP contribution in [0.3, 0.4) is 0 Å². The first-order valence-electron chi connectivity index (χ1n) is 9.69. The summed E-state index contributed by atoms with van der Waals surface area (Å²) in [5, 5.41) is 5.23. The number of thiazole rings is 1. The first-order chi connectivity index (χ1) is 14.4. The van der Waals surface area contributed by atoms with E-state index in [1.54, 1.807) is 36.7 Å². The van der Waals surface area contributed by atoms with Crippen molar-refractivity contribution in [2.45, 2.75) is 31.6 Å². The second-order valence-electron chi connectivity index (χ2n) is 6.56. The lowest BCUT2D eigenvalue weighted by Crippen LogP contribution is -2.30. The minimum absolute atomic E-state index is 0.137. The summed E-state index contributed by atoms with van der Waals surface area (Å²) in [7, 11) is -3.47. The van der Waals surface area contributed by atoms with Gasteiger partial charge in [-0.1, -0.05) is 26.0 Å². The average molecular weight is 445 g/mol. The van der Waals surface area contributed by atoms with Crippen LogP contribution in [0.1, 0.15) is 25.8 Å². The Morgan fingerprint density at radius 3 is 2.50 bits per heavy atom. The van der Waals surface area contributed by atoms with E-state index in [0.29, 0.717) is 24.6 Å². The molecule has 1 aromatic carbocycles. The predicted octanol–water partition coefficient (Wildman–Crippen LogP) is 3.81. The molecule has 0 aliphatic rings. The highest BCUT2D eigenvalue weighted by molar-refractivity contribution is 7.89. The van der Waals surface area contributed by atoms with Crippen molar-refractivity contribution in [2.24, 2.45) is 0 Å². The Bertz CT molecular complexity index is 1080. The summed E-state index contributed by atoms with van der Waals surface area (Å²) in [6.45, 7) is 4.49. The van der Waals surface area contributed by atoms with E-state index in [1.165, 1.54) is 15.6 Å². The Hall–Kier alpha value is -2.62. The molecule has 0 radical (unpaired) electrons. The molecule has 2 heterocycles. The van der Waals surface area contributed by atoms with E-state index in [1.807, 2.05) is 31.4 Å². The van der Waals surface area contributed by atoms with Crippen molar-refractivity contribution in [3.05, 3.63) is 59.7 Å². The molecule has 3 aromatic rings. The third-order valence-electron chi connectivity index (χ3n) is 4.62. The highest BCUT2D eigenvalue weighted by atomic mass is 32.2. The van der Waals surface area contributed by atoms with Crippen molar-refractivity contribution >= 4 is 32.4 Å². The Morgan fingerprint density at radius 1 is 1.13 bits per heavy atom. The third kappa shape index (κ3) is 5.29. The maximum atomic E-state index is 12.5. The SMILES string of the molecule is CCN(CC)S(=O)(=O)c1ccc(CCC(=O)Nc2nc(-c3cccnc3)cs2)cc1. The molecule has 0 unspecified atom stereocenters. The molecule has 0 atom stereocenters. The maximum Gasteiger partial charge on any atom is 0.243 e. The molecule has 0 aliphatic heterocycles. The molecule has 0 bridgehead atoms. The lowest BCUT2D eigenvalue weighted by molar-refractivity contribution is -0.116. The molecule has 0 saturated carbocycles. The number of hydrogen-bond donors (Lipinski definition) is 1. The van der Waals surface area contributed by atoms with E-state index in [-0.39, 0.29) is 17.2 Å². The lowest BCUT2D eigenvalue weighted by Gasteiger charge is -2.18. The third-order valence-corrected chi connectivity index (χ3v) is 7.44. The van der Waals surface area contributed by atoms with E-state index in [9.17, 15) is 13.2 Å². The van der Waals surface area contributed by atoms with Gasteiger partial charge in [0.25, 0.3) is 0 Å². The zero-order valence-corrected chi connectivity index (χ0v) is 18.5. The summed E-state index contributed by atoms with van der Waals surface area (Å²) in [4.78, 5) is 21.0. The molecule has 0 aliphatic carbocycles. The van der Waals surface area contributed by atoms with Gasteiger partial charge in [0.1, 0.15) is 0 Å². The molecule has 9 heteroatoms. The predicted molar refractivity (Wildman–Crippen MR) is 119 cm³/mol. The van der Waals surface area contributed by atoms with Gasteiger partial charge in [-0.05, 0) is 36.2 Å². The molecule has 158 valence electrons. The van der Waals surface area contributed by atoms with Gasteiger partial charge in [-0.15, -0.1) is 11.3 Å². The van der Waals surface area contributed by atoms with E-state index in [0.717, 1.165) is 16.8 Å². The Kier molecular flexibility index (Phi) is 7.30. The van der Waals surface area contributed by atoms with Crippen LogP contribution in [-0.4, -0.2) is 41.7 Å². The highest BCUT2D eigenvalue weighted by Gasteiger charge is 2.21. The van der Waals surface area contributed by atoms with Gasteiger partial charge < -0.3 is 5.32 Å². The molecule has 30 heavy (non-hydrogen) atoms. The van der Waals surface area contributed by atoms with Gasteiger partial charge in [-0.3, -0.25) is 9.78 Å². The number of nitrogens with one attached hydrogen (secondary N) is 1. The number of anilines is 1. The summed E-state index contributed by atoms with van der Waals surface area (Å²) >= 11 is 1.36. The number of amides is 1. The molecule has 0 spiro atoms. The van der Waals surface area contributed by atoms with Crippen LogP contribution in [0.4, 0.5) is 5.13 Å². The maximum absolute atomic E-state index is 12.5. The van der Waals surface area contributed by atoms with E-state index < -0.39 is 10.0 Å². The number of benzene rings is 1. The second-order valence-corrected chi connectivity index (χ2v) is 9.36. The number of nitrogens with zero attached hydrogens (tertiary/aromatic N) is 3. The van der Waals surface area contributed by atoms with Crippen molar-refractivity contribution < 1.29 is 13.2 Å². The largest absolute Gasteiger partial charge is 0.302 e. The number of carbonyl (C=O) groups is 1. The van der Waals surface area contributed by atoms with Crippen molar-refractivity contribution in [1.29, 1.82) is 0 Å². The number of hydrogen-bond acceptors (Lipinski definition) is 6. The van der Waals surface area contributed by atoms with Crippen molar-refractivity contribution in [1.82, 2.24) is 14.3 Å². The first kappa shape index (κ1) is 22.1. The van der Waals surface area contributed by atoms with Gasteiger partial charge >= 0.3 is 0 Å². The molecule has 7 nitrogen and oxygen atoms in total. The summed E-state index contributed by atoms with van der Waals surface area (Å²) in [5.74, 6) is -0.137. The second kappa shape index (κ2) is 9.92. The van der Waals surface area contributed by atoms with E-state index in [2.05, 4.69) is 15.3 Å². The number of aryl methyl sites for hydroxylation is 1. The Labute approximate surface area is 180 Å². The van der Waals surface area contributed by atoms with Crippen molar-refractivity contribution in [3.8, 4) is 11.3 Å².